The van der Waals surface area contributed by atoms with Gasteiger partial charge in [0.15, 0.2) is 6.10 Å². The van der Waals surface area contributed by atoms with Gasteiger partial charge in [-0.15, -0.1) is 0 Å². The molecule has 0 spiro atoms. The first kappa shape index (κ1) is 29.0. The lowest BCUT2D eigenvalue weighted by Gasteiger charge is -2.58. The van der Waals surface area contributed by atoms with Gasteiger partial charge in [-0.3, -0.25) is 9.59 Å². The number of aliphatic hydroxyl groups is 1. The molecule has 1 aromatic carbocycles. The summed E-state index contributed by atoms with van der Waals surface area (Å²) in [5, 5.41) is 14.8. The van der Waals surface area contributed by atoms with Crippen molar-refractivity contribution < 1.29 is 19.4 Å². The second-order valence-corrected chi connectivity index (χ2v) is 13.3. The number of carbonyl (C=O) groups is 2. The molecule has 3 fully saturated rings. The lowest BCUT2D eigenvalue weighted by molar-refractivity contribution is -0.160. The highest BCUT2D eigenvalue weighted by Gasteiger charge is 2.59. The Morgan fingerprint density at radius 2 is 1.82 bits per heavy atom. The van der Waals surface area contributed by atoms with E-state index in [0.29, 0.717) is 29.7 Å². The van der Waals surface area contributed by atoms with Crippen LogP contribution in [0.25, 0.3) is 0 Å². The number of hydrogen-bond donors (Lipinski definition) is 2. The van der Waals surface area contributed by atoms with Gasteiger partial charge in [0.2, 0.25) is 0 Å². The lowest BCUT2D eigenvalue weighted by Crippen LogP contribution is -2.51. The number of allylic oxidation sites excluding steroid dienone is 2. The molecule has 0 bridgehead atoms. The van der Waals surface area contributed by atoms with E-state index in [1.165, 1.54) is 37.7 Å². The zero-order valence-electron chi connectivity index (χ0n) is 24.7. The van der Waals surface area contributed by atoms with Gasteiger partial charge in [0.25, 0.3) is 5.91 Å². The van der Waals surface area contributed by atoms with Crippen LogP contribution in [0.4, 0.5) is 0 Å². The van der Waals surface area contributed by atoms with Crippen LogP contribution < -0.4 is 5.43 Å². The van der Waals surface area contributed by atoms with Crippen molar-refractivity contribution in [2.45, 2.75) is 116 Å². The van der Waals surface area contributed by atoms with Crippen LogP contribution in [0.1, 0.15) is 116 Å². The third kappa shape index (κ3) is 5.66. The van der Waals surface area contributed by atoms with Crippen molar-refractivity contribution in [1.29, 1.82) is 0 Å². The second-order valence-electron chi connectivity index (χ2n) is 13.3. The Labute approximate surface area is 240 Å². The summed E-state index contributed by atoms with van der Waals surface area (Å²) in [6.07, 6.45) is 14.6. The lowest BCUT2D eigenvalue weighted by atomic mass is 9.47. The standard InChI is InChI=1S/C34H48N2O4/c1-4-5-6-10-13-30(37)40-29-17-16-27-26-15-14-24-22-25(18-20-33(24,2)28(26)19-21-34(27,29)3)35-36-32(39)31(38)23-11-8-7-9-12-23/h7-9,11-12,22,26-29,31,38H,4-6,10,13-21H2,1-3H3,(H,36,39)/t26-,27-,28-,29?,31?,33-,34-/m0/s1. The minimum atomic E-state index is -1.23. The Morgan fingerprint density at radius 1 is 1.02 bits per heavy atom. The fourth-order valence-corrected chi connectivity index (χ4v) is 8.69. The zero-order valence-corrected chi connectivity index (χ0v) is 24.7. The van der Waals surface area contributed by atoms with E-state index >= 15 is 0 Å². The van der Waals surface area contributed by atoms with Gasteiger partial charge in [0.05, 0.1) is 5.71 Å². The average Bonchev–Trinajstić information content (AvgIpc) is 3.29. The van der Waals surface area contributed by atoms with Crippen molar-refractivity contribution in [3.05, 3.63) is 47.5 Å². The molecule has 2 unspecified atom stereocenters. The maximum absolute atomic E-state index is 12.7. The number of unbranched alkanes of at least 4 members (excludes halogenated alkanes) is 3. The van der Waals surface area contributed by atoms with E-state index in [1.54, 1.807) is 12.1 Å². The second kappa shape index (κ2) is 12.2. The highest BCUT2D eigenvalue weighted by molar-refractivity contribution is 5.97. The molecule has 40 heavy (non-hydrogen) atoms. The summed E-state index contributed by atoms with van der Waals surface area (Å²) in [4.78, 5) is 25.2. The molecule has 1 aromatic rings. The Bertz CT molecular complexity index is 1130. The van der Waals surface area contributed by atoms with Crippen LogP contribution in [0, 0.1) is 28.6 Å². The maximum Gasteiger partial charge on any atom is 0.306 e. The van der Waals surface area contributed by atoms with E-state index in [2.05, 4.69) is 37.4 Å². The molecule has 2 N–H and O–H groups in total. The number of fused-ring (bicyclic) bond motifs is 5. The van der Waals surface area contributed by atoms with Gasteiger partial charge in [-0.2, -0.15) is 5.10 Å². The van der Waals surface area contributed by atoms with E-state index in [9.17, 15) is 14.7 Å². The number of nitrogens with one attached hydrogen (secondary N) is 1. The minimum absolute atomic E-state index is 0.00778. The number of hydrazone groups is 1. The van der Waals surface area contributed by atoms with E-state index < -0.39 is 12.0 Å². The van der Waals surface area contributed by atoms with Gasteiger partial charge in [0.1, 0.15) is 6.10 Å². The SMILES string of the molecule is CCCCCCC(=O)OC1CC[C@H]2[C@@H]3CCC4=CC(=NNC(=O)C(O)c5ccccc5)CC[C@]4(C)[C@H]3CC[C@]12C. The summed E-state index contributed by atoms with van der Waals surface area (Å²) < 4.78 is 6.16. The molecule has 6 nitrogen and oxygen atoms in total. The van der Waals surface area contributed by atoms with Crippen molar-refractivity contribution in [1.82, 2.24) is 5.43 Å². The number of esters is 1. The molecule has 7 atom stereocenters. The van der Waals surface area contributed by atoms with Gasteiger partial charge in [-0.1, -0.05) is 75.9 Å². The highest BCUT2D eigenvalue weighted by Crippen LogP contribution is 2.65. The van der Waals surface area contributed by atoms with Gasteiger partial charge < -0.3 is 9.84 Å². The number of rotatable bonds is 9. The summed E-state index contributed by atoms with van der Waals surface area (Å²) in [5.74, 6) is 1.45. The topological polar surface area (TPSA) is 88.0 Å². The Hall–Kier alpha value is -2.47. The van der Waals surface area contributed by atoms with Crippen molar-refractivity contribution in [3.63, 3.8) is 0 Å². The number of hydrogen-bond acceptors (Lipinski definition) is 5. The molecule has 5 rings (SSSR count). The Morgan fingerprint density at radius 3 is 2.60 bits per heavy atom. The van der Waals surface area contributed by atoms with E-state index in [4.69, 9.17) is 4.74 Å². The van der Waals surface area contributed by atoms with Crippen molar-refractivity contribution >= 4 is 17.6 Å². The number of ether oxygens (including phenoxy) is 1. The van der Waals surface area contributed by atoms with Crippen LogP contribution in [0.5, 0.6) is 0 Å². The predicted octanol–water partition coefficient (Wildman–Crippen LogP) is 7.04. The molecule has 0 aromatic heterocycles. The first-order valence-corrected chi connectivity index (χ1v) is 15.8. The Balaban J connectivity index is 1.21. The fraction of sp³-hybridized carbons (Fsp3) is 0.676. The van der Waals surface area contributed by atoms with E-state index in [1.807, 2.05) is 18.2 Å². The first-order valence-electron chi connectivity index (χ1n) is 15.8. The third-order valence-electron chi connectivity index (χ3n) is 11.1. The van der Waals surface area contributed by atoms with Crippen molar-refractivity contribution in [2.75, 3.05) is 0 Å². The molecular formula is C34H48N2O4. The largest absolute Gasteiger partial charge is 0.462 e. The fourth-order valence-electron chi connectivity index (χ4n) is 8.69. The minimum Gasteiger partial charge on any atom is -0.462 e. The predicted molar refractivity (Wildman–Crippen MR) is 157 cm³/mol. The summed E-state index contributed by atoms with van der Waals surface area (Å²) in [6.45, 7) is 7.05. The van der Waals surface area contributed by atoms with Crippen molar-refractivity contribution in [3.8, 4) is 0 Å². The quantitative estimate of drug-likeness (QED) is 0.197. The summed E-state index contributed by atoms with van der Waals surface area (Å²) >= 11 is 0. The van der Waals surface area contributed by atoms with Gasteiger partial charge in [-0.05, 0) is 92.6 Å². The summed E-state index contributed by atoms with van der Waals surface area (Å²) in [6, 6.07) is 8.95. The van der Waals surface area contributed by atoms with Gasteiger partial charge in [-0.25, -0.2) is 5.43 Å². The van der Waals surface area contributed by atoms with Crippen molar-refractivity contribution in [2.24, 2.45) is 33.7 Å². The summed E-state index contributed by atoms with van der Waals surface area (Å²) in [7, 11) is 0. The molecule has 0 saturated heterocycles. The molecule has 6 heteroatoms. The molecule has 218 valence electrons. The van der Waals surface area contributed by atoms with Gasteiger partial charge in [0, 0.05) is 11.8 Å². The molecule has 0 heterocycles. The van der Waals surface area contributed by atoms with Crippen LogP contribution in [-0.4, -0.2) is 28.8 Å². The highest BCUT2D eigenvalue weighted by atomic mass is 16.5. The van der Waals surface area contributed by atoms with Crippen LogP contribution in [0.3, 0.4) is 0 Å². The molecule has 3 saturated carbocycles. The monoisotopic (exact) mass is 548 g/mol. The Kier molecular flexibility index (Phi) is 8.84. The molecule has 0 radical (unpaired) electrons. The van der Waals surface area contributed by atoms with Gasteiger partial charge >= 0.3 is 5.97 Å². The average molecular weight is 549 g/mol. The number of benzene rings is 1. The third-order valence-corrected chi connectivity index (χ3v) is 11.1. The summed E-state index contributed by atoms with van der Waals surface area (Å²) in [5.41, 5.74) is 5.78. The molecule has 0 aliphatic heterocycles. The molecular weight excluding hydrogens is 500 g/mol. The number of amides is 1. The van der Waals surface area contributed by atoms with Crippen LogP contribution in [0.15, 0.2) is 47.1 Å². The van der Waals surface area contributed by atoms with E-state index in [-0.39, 0.29) is 22.9 Å². The zero-order chi connectivity index (χ0) is 28.3. The number of carbonyl (C=O) groups excluding carboxylic acids is 2. The smallest absolute Gasteiger partial charge is 0.306 e. The molecule has 1 amide bonds. The first-order chi connectivity index (χ1) is 19.3. The van der Waals surface area contributed by atoms with E-state index in [0.717, 1.165) is 50.7 Å². The number of nitrogens with zero attached hydrogens (tertiary/aromatic N) is 1. The molecule has 4 aliphatic carbocycles. The van der Waals surface area contributed by atoms with Crippen LogP contribution in [0.2, 0.25) is 0 Å². The van der Waals surface area contributed by atoms with Crippen LogP contribution >= 0.6 is 0 Å². The number of aliphatic hydroxyl groups excluding tert-OH is 1. The van der Waals surface area contributed by atoms with Crippen LogP contribution in [-0.2, 0) is 14.3 Å². The molecule has 4 aliphatic rings. The normalized spacial score (nSPS) is 34.7. The maximum atomic E-state index is 12.7.